The Hall–Kier alpha value is -3.45. The minimum absolute atomic E-state index is 0.0271. The molecule has 1 heterocycles. The molecule has 0 atom stereocenters. The zero-order valence-corrected chi connectivity index (χ0v) is 17.6. The lowest BCUT2D eigenvalue weighted by molar-refractivity contribution is -0.275. The predicted octanol–water partition coefficient (Wildman–Crippen LogP) is 5.74. The molecule has 0 saturated heterocycles. The highest BCUT2D eigenvalue weighted by Gasteiger charge is 2.32. The molecule has 0 amide bonds. The third-order valence-corrected chi connectivity index (χ3v) is 4.21. The molecular formula is C20H15ClF6N4O3. The van der Waals surface area contributed by atoms with Crippen LogP contribution in [0.2, 0.25) is 5.02 Å². The summed E-state index contributed by atoms with van der Waals surface area (Å²) in [5, 5.41) is 14.3. The van der Waals surface area contributed by atoms with Crippen LogP contribution in [0.15, 0.2) is 48.5 Å². The van der Waals surface area contributed by atoms with Gasteiger partial charge in [-0.1, -0.05) is 23.7 Å². The van der Waals surface area contributed by atoms with Gasteiger partial charge in [-0.15, -0.1) is 26.3 Å². The van der Waals surface area contributed by atoms with Crippen molar-refractivity contribution in [1.82, 2.24) is 9.97 Å². The van der Waals surface area contributed by atoms with E-state index in [1.807, 2.05) is 0 Å². The van der Waals surface area contributed by atoms with E-state index in [1.54, 1.807) is 0 Å². The molecule has 3 N–H and O–H groups in total. The van der Waals surface area contributed by atoms with Crippen molar-refractivity contribution in [3.05, 3.63) is 53.6 Å². The van der Waals surface area contributed by atoms with E-state index in [4.69, 9.17) is 16.7 Å². The Morgan fingerprint density at radius 3 is 2.29 bits per heavy atom. The standard InChI is InChI=1S/C20H15ClF6N4O3/c21-14-9-12(4-5-16(14)34-20(25,26)27)29-17-10-15(30-18(31-17)28-6-7-32)11-2-1-3-13(8-11)33-19(22,23)24/h1-5,8-10,32H,6-7H2,(H2,28,29,30,31). The first-order chi connectivity index (χ1) is 15.9. The van der Waals surface area contributed by atoms with E-state index in [2.05, 4.69) is 30.1 Å². The van der Waals surface area contributed by atoms with Gasteiger partial charge in [-0.05, 0) is 30.3 Å². The zero-order chi connectivity index (χ0) is 24.9. The number of benzene rings is 2. The lowest BCUT2D eigenvalue weighted by Crippen LogP contribution is -2.17. The summed E-state index contributed by atoms with van der Waals surface area (Å²) in [6.07, 6.45) is -9.80. The normalized spacial score (nSPS) is 11.8. The largest absolute Gasteiger partial charge is 0.573 e. The molecule has 3 aromatic rings. The molecule has 1 aromatic heterocycles. The zero-order valence-electron chi connectivity index (χ0n) is 16.8. The SMILES string of the molecule is OCCNc1nc(Nc2ccc(OC(F)(F)F)c(Cl)c2)cc(-c2cccc(OC(F)(F)F)c2)n1. The molecule has 0 spiro atoms. The van der Waals surface area contributed by atoms with Crippen LogP contribution in [0.4, 0.5) is 43.8 Å². The monoisotopic (exact) mass is 508 g/mol. The fraction of sp³-hybridized carbons (Fsp3) is 0.200. The van der Waals surface area contributed by atoms with Crippen LogP contribution >= 0.6 is 11.6 Å². The Morgan fingerprint density at radius 2 is 1.65 bits per heavy atom. The van der Waals surface area contributed by atoms with Crippen LogP contribution in [0.5, 0.6) is 11.5 Å². The Morgan fingerprint density at radius 1 is 0.912 bits per heavy atom. The van der Waals surface area contributed by atoms with Crippen LogP contribution in [0, 0.1) is 0 Å². The number of alkyl halides is 6. The number of anilines is 3. The number of aliphatic hydroxyl groups excluding tert-OH is 1. The molecule has 0 aliphatic carbocycles. The third-order valence-electron chi connectivity index (χ3n) is 3.91. The second-order valence-corrected chi connectivity index (χ2v) is 6.91. The van der Waals surface area contributed by atoms with Crippen LogP contribution in [0.25, 0.3) is 11.3 Å². The molecular weight excluding hydrogens is 494 g/mol. The van der Waals surface area contributed by atoms with Crippen LogP contribution in [0.3, 0.4) is 0 Å². The average molecular weight is 509 g/mol. The molecule has 7 nitrogen and oxygen atoms in total. The van der Waals surface area contributed by atoms with Gasteiger partial charge in [0.1, 0.15) is 17.3 Å². The summed E-state index contributed by atoms with van der Waals surface area (Å²) in [5.41, 5.74) is 0.686. The summed E-state index contributed by atoms with van der Waals surface area (Å²) < 4.78 is 82.7. The highest BCUT2D eigenvalue weighted by Crippen LogP contribution is 2.34. The summed E-state index contributed by atoms with van der Waals surface area (Å²) in [5.74, 6) is -0.905. The smallest absolute Gasteiger partial charge is 0.406 e. The molecule has 0 bridgehead atoms. The minimum atomic E-state index is -4.92. The van der Waals surface area contributed by atoms with E-state index in [1.165, 1.54) is 30.3 Å². The van der Waals surface area contributed by atoms with Crippen molar-refractivity contribution in [3.8, 4) is 22.8 Å². The Kier molecular flexibility index (Phi) is 7.57. The lowest BCUT2D eigenvalue weighted by Gasteiger charge is -2.14. The van der Waals surface area contributed by atoms with Crippen LogP contribution in [0.1, 0.15) is 0 Å². The van der Waals surface area contributed by atoms with Gasteiger partial charge >= 0.3 is 12.7 Å². The van der Waals surface area contributed by atoms with Crippen molar-refractivity contribution >= 4 is 29.1 Å². The van der Waals surface area contributed by atoms with Gasteiger partial charge in [0.05, 0.1) is 17.3 Å². The van der Waals surface area contributed by atoms with Crippen molar-refractivity contribution in [2.24, 2.45) is 0 Å². The molecule has 3 rings (SSSR count). The maximum absolute atomic E-state index is 12.6. The Labute approximate surface area is 193 Å². The number of nitrogens with zero attached hydrogens (tertiary/aromatic N) is 2. The topological polar surface area (TPSA) is 88.5 Å². The van der Waals surface area contributed by atoms with Crippen molar-refractivity contribution in [2.45, 2.75) is 12.7 Å². The van der Waals surface area contributed by atoms with Crippen molar-refractivity contribution in [2.75, 3.05) is 23.8 Å². The van der Waals surface area contributed by atoms with Gasteiger partial charge in [0.2, 0.25) is 5.95 Å². The lowest BCUT2D eigenvalue weighted by atomic mass is 10.1. The number of rotatable bonds is 8. The predicted molar refractivity (Wildman–Crippen MR) is 111 cm³/mol. The average Bonchev–Trinajstić information content (AvgIpc) is 2.72. The molecule has 14 heteroatoms. The Balaban J connectivity index is 1.92. The molecule has 0 unspecified atom stereocenters. The number of aromatic nitrogens is 2. The maximum atomic E-state index is 12.6. The van der Waals surface area contributed by atoms with Gasteiger partial charge < -0.3 is 25.2 Å². The first-order valence-electron chi connectivity index (χ1n) is 9.34. The highest BCUT2D eigenvalue weighted by molar-refractivity contribution is 6.32. The van der Waals surface area contributed by atoms with Crippen LogP contribution < -0.4 is 20.1 Å². The molecule has 2 aromatic carbocycles. The number of hydrogen-bond acceptors (Lipinski definition) is 7. The van der Waals surface area contributed by atoms with Crippen molar-refractivity contribution < 1.29 is 40.9 Å². The van der Waals surface area contributed by atoms with Crippen LogP contribution in [-0.4, -0.2) is 41.0 Å². The van der Waals surface area contributed by atoms with E-state index in [0.29, 0.717) is 0 Å². The fourth-order valence-electron chi connectivity index (χ4n) is 2.69. The second-order valence-electron chi connectivity index (χ2n) is 6.51. The number of halogens is 7. The van der Waals surface area contributed by atoms with Gasteiger partial charge in [-0.2, -0.15) is 4.98 Å². The van der Waals surface area contributed by atoms with E-state index < -0.39 is 24.2 Å². The molecule has 0 aliphatic heterocycles. The number of ether oxygens (including phenoxy) is 2. The molecule has 0 aliphatic rings. The van der Waals surface area contributed by atoms with E-state index in [-0.39, 0.29) is 46.9 Å². The van der Waals surface area contributed by atoms with E-state index in [0.717, 1.165) is 18.2 Å². The first kappa shape index (κ1) is 25.2. The highest BCUT2D eigenvalue weighted by atomic mass is 35.5. The maximum Gasteiger partial charge on any atom is 0.573 e. The molecule has 0 fully saturated rings. The summed E-state index contributed by atoms with van der Waals surface area (Å²) in [7, 11) is 0. The third kappa shape index (κ3) is 7.56. The molecule has 182 valence electrons. The van der Waals surface area contributed by atoms with Gasteiger partial charge in [-0.25, -0.2) is 4.98 Å². The fourth-order valence-corrected chi connectivity index (χ4v) is 2.91. The Bertz CT molecular complexity index is 1140. The summed E-state index contributed by atoms with van der Waals surface area (Å²) in [6.45, 7) is -0.170. The molecule has 0 radical (unpaired) electrons. The summed E-state index contributed by atoms with van der Waals surface area (Å²) in [6, 6.07) is 9.89. The summed E-state index contributed by atoms with van der Waals surface area (Å²) in [4.78, 5) is 8.39. The quantitative estimate of drug-likeness (QED) is 0.334. The van der Waals surface area contributed by atoms with E-state index >= 15 is 0 Å². The molecule has 34 heavy (non-hydrogen) atoms. The second kappa shape index (κ2) is 10.2. The van der Waals surface area contributed by atoms with Gasteiger partial charge in [0.15, 0.2) is 0 Å². The minimum Gasteiger partial charge on any atom is -0.406 e. The van der Waals surface area contributed by atoms with Crippen molar-refractivity contribution in [3.63, 3.8) is 0 Å². The number of nitrogens with one attached hydrogen (secondary N) is 2. The van der Waals surface area contributed by atoms with Crippen molar-refractivity contribution in [1.29, 1.82) is 0 Å². The van der Waals surface area contributed by atoms with Gasteiger partial charge in [0, 0.05) is 23.9 Å². The first-order valence-corrected chi connectivity index (χ1v) is 9.72. The van der Waals surface area contributed by atoms with Crippen LogP contribution in [-0.2, 0) is 0 Å². The number of aliphatic hydroxyl groups is 1. The van der Waals surface area contributed by atoms with Gasteiger partial charge in [-0.3, -0.25) is 0 Å². The number of hydrogen-bond donors (Lipinski definition) is 3. The summed E-state index contributed by atoms with van der Waals surface area (Å²) >= 11 is 5.86. The van der Waals surface area contributed by atoms with Gasteiger partial charge in [0.25, 0.3) is 0 Å². The molecule has 0 saturated carbocycles. The van der Waals surface area contributed by atoms with E-state index in [9.17, 15) is 26.3 Å².